The summed E-state index contributed by atoms with van der Waals surface area (Å²) < 4.78 is 20.0. The maximum atomic E-state index is 7.85. The molecule has 4 aliphatic rings. The highest BCUT2D eigenvalue weighted by Gasteiger charge is 2.54. The fourth-order valence-electron chi connectivity index (χ4n) is 9.14. The van der Waals surface area contributed by atoms with E-state index < -0.39 is 8.02 Å². The number of fused-ring (bicyclic) bond motifs is 2. The average Bonchev–Trinajstić information content (AvgIpc) is 4.20. The number of thiophene rings is 2. The lowest BCUT2D eigenvalue weighted by molar-refractivity contribution is 0.239. The molecule has 0 amide bonds. The molecule has 0 radical (unpaired) electrons. The van der Waals surface area contributed by atoms with Crippen LogP contribution in [0.1, 0.15) is 38.5 Å². The third-order valence-corrected chi connectivity index (χ3v) is 16.8. The zero-order valence-electron chi connectivity index (χ0n) is 34.1. The molecular weight excluding hydrogens is 832 g/mol. The van der Waals surface area contributed by atoms with Crippen molar-refractivity contribution in [3.8, 4) is 9.75 Å². The Morgan fingerprint density at radius 1 is 0.476 bits per heavy atom. The Labute approximate surface area is 373 Å². The van der Waals surface area contributed by atoms with Crippen LogP contribution in [-0.4, -0.2) is 27.2 Å². The molecule has 1 atom stereocenters. The molecule has 6 bridgehead atoms. The number of hydrogen-bond acceptors (Lipinski definition) is 6. The number of hydrogen-bond donors (Lipinski definition) is 0. The molecule has 4 aromatic carbocycles. The van der Waals surface area contributed by atoms with Gasteiger partial charge in [0.2, 0.25) is 0 Å². The van der Waals surface area contributed by atoms with Crippen molar-refractivity contribution in [2.45, 2.75) is 6.61 Å². The van der Waals surface area contributed by atoms with Gasteiger partial charge in [-0.15, -0.1) is 31.3 Å². The molecular formula is C54H38N4O2PS2+. The van der Waals surface area contributed by atoms with Crippen molar-refractivity contribution in [3.05, 3.63) is 260 Å². The van der Waals surface area contributed by atoms with E-state index in [0.717, 1.165) is 94.3 Å². The van der Waals surface area contributed by atoms with Gasteiger partial charge in [-0.2, -0.15) is 9.05 Å². The van der Waals surface area contributed by atoms with Crippen molar-refractivity contribution >= 4 is 64.4 Å². The number of aliphatic imine (C=N–C) groups is 2. The summed E-state index contributed by atoms with van der Waals surface area (Å²) in [6, 6.07) is 59.9. The molecule has 0 fully saturated rings. The summed E-state index contributed by atoms with van der Waals surface area (Å²) in [4.78, 5) is 14.7. The second-order valence-electron chi connectivity index (χ2n) is 15.4. The monoisotopic (exact) mass is 869 g/mol. The third kappa shape index (κ3) is 6.25. The first-order chi connectivity index (χ1) is 31.2. The maximum absolute atomic E-state index is 7.85. The fraction of sp³-hybridized carbons (Fsp3) is 0.0370. The van der Waals surface area contributed by atoms with Crippen molar-refractivity contribution in [1.82, 2.24) is 8.68 Å². The molecule has 8 heterocycles. The number of allylic oxidation sites excluding steroid dienone is 4. The fourth-order valence-corrected chi connectivity index (χ4v) is 13.9. The van der Waals surface area contributed by atoms with E-state index >= 15 is 0 Å². The molecule has 0 saturated carbocycles. The Morgan fingerprint density at radius 3 is 1.43 bits per heavy atom. The zero-order chi connectivity index (χ0) is 41.9. The largest absolute Gasteiger partial charge is 0.497 e. The Bertz CT molecular complexity index is 3230. The standard InChI is InChI=1S/C54H38N4O2PS2/c1-59-61(60-35-40-24-33-50(63-40)49-23-14-34-62-49)57-45-29-30-46(57)53(38-19-10-4-11-20-38)43-27-28-44(56-43)54(39-21-12-5-13-22-39)48-32-31-47(58(48)61)52(37-17-8-3-9-18-37)42-26-25-41(55-42)51(45)36-15-6-2-7-16-36/h2-34H,35H2,1H3/q+1. The van der Waals surface area contributed by atoms with E-state index in [1.807, 2.05) is 7.11 Å². The van der Waals surface area contributed by atoms with Crippen LogP contribution in [-0.2, 0) is 15.7 Å². The molecule has 12 rings (SSSR count). The SMILES string of the molecule is CO[P+]1(OCc2ccc(-c3cccs3)s2)n2c3ccc2C(c2ccccc2)=C2C=CC(=N2)C(c2ccccc2)=c2ccc(n21)=C(c1ccccc1)C1=NC(=C3c2ccccc2)C=C1. The summed E-state index contributed by atoms with van der Waals surface area (Å²) in [7, 11) is -1.77. The normalized spacial score (nSPS) is 17.4. The molecule has 9 heteroatoms. The van der Waals surface area contributed by atoms with Gasteiger partial charge in [-0.25, -0.2) is 9.98 Å². The van der Waals surface area contributed by atoms with Gasteiger partial charge in [0.25, 0.3) is 0 Å². The van der Waals surface area contributed by atoms with E-state index in [2.05, 4.69) is 208 Å². The van der Waals surface area contributed by atoms with Gasteiger partial charge in [0, 0.05) is 36.9 Å². The minimum atomic E-state index is -3.59. The Balaban J connectivity index is 1.30. The van der Waals surface area contributed by atoms with E-state index in [4.69, 9.17) is 19.0 Å². The highest BCUT2D eigenvalue weighted by atomic mass is 32.1. The minimum absolute atomic E-state index is 0.306. The lowest BCUT2D eigenvalue weighted by Gasteiger charge is -2.29. The third-order valence-electron chi connectivity index (χ3n) is 11.8. The van der Waals surface area contributed by atoms with Crippen molar-refractivity contribution < 1.29 is 9.05 Å². The van der Waals surface area contributed by atoms with Gasteiger partial charge >= 0.3 is 8.02 Å². The molecule has 8 aromatic rings. The van der Waals surface area contributed by atoms with Crippen molar-refractivity contribution in [2.75, 3.05) is 7.11 Å². The van der Waals surface area contributed by atoms with Crippen molar-refractivity contribution in [1.29, 1.82) is 0 Å². The second-order valence-corrected chi connectivity index (χ2v) is 19.9. The van der Waals surface area contributed by atoms with Crippen molar-refractivity contribution in [2.24, 2.45) is 9.98 Å². The molecule has 6 nitrogen and oxygen atoms in total. The molecule has 4 aliphatic heterocycles. The Morgan fingerprint density at radius 2 is 0.968 bits per heavy atom. The Kier molecular flexibility index (Phi) is 9.36. The molecule has 4 aromatic heterocycles. The lowest BCUT2D eigenvalue weighted by Crippen LogP contribution is -2.38. The number of rotatable bonds is 9. The molecule has 302 valence electrons. The van der Waals surface area contributed by atoms with Gasteiger partial charge < -0.3 is 0 Å². The van der Waals surface area contributed by atoms with Crippen molar-refractivity contribution in [3.63, 3.8) is 0 Å². The van der Waals surface area contributed by atoms with E-state index in [1.54, 1.807) is 22.7 Å². The summed E-state index contributed by atoms with van der Waals surface area (Å²) >= 11 is 3.51. The van der Waals surface area contributed by atoms with Crippen LogP contribution < -0.4 is 10.7 Å². The van der Waals surface area contributed by atoms with Crippen LogP contribution in [0.3, 0.4) is 0 Å². The van der Waals surface area contributed by atoms with E-state index in [9.17, 15) is 0 Å². The molecule has 0 saturated heterocycles. The number of aromatic nitrogens is 2. The van der Waals surface area contributed by atoms with Crippen LogP contribution in [0.5, 0.6) is 0 Å². The highest BCUT2D eigenvalue weighted by molar-refractivity contribution is 7.63. The topological polar surface area (TPSA) is 53.0 Å². The minimum Gasteiger partial charge on any atom is -0.248 e. The summed E-state index contributed by atoms with van der Waals surface area (Å²) in [6.45, 7) is 0.306. The average molecular weight is 870 g/mol. The first-order valence-corrected chi connectivity index (χ1v) is 24.1. The summed E-state index contributed by atoms with van der Waals surface area (Å²) in [5.74, 6) is 0. The van der Waals surface area contributed by atoms with Crippen LogP contribution in [0, 0.1) is 0 Å². The van der Waals surface area contributed by atoms with Gasteiger partial charge in [-0.1, -0.05) is 127 Å². The highest BCUT2D eigenvalue weighted by Crippen LogP contribution is 2.65. The van der Waals surface area contributed by atoms with Crippen LogP contribution in [0.2, 0.25) is 0 Å². The quantitative estimate of drug-likeness (QED) is 0.136. The lowest BCUT2D eigenvalue weighted by atomic mass is 10.0. The molecule has 0 N–H and O–H groups in total. The van der Waals surface area contributed by atoms with Gasteiger partial charge in [-0.3, -0.25) is 0 Å². The molecule has 0 spiro atoms. The summed E-state index contributed by atoms with van der Waals surface area (Å²) in [5, 5.41) is 3.98. The predicted molar refractivity (Wildman–Crippen MR) is 261 cm³/mol. The molecule has 0 aliphatic carbocycles. The molecule has 63 heavy (non-hydrogen) atoms. The van der Waals surface area contributed by atoms with Gasteiger partial charge in [-0.05, 0) is 94.4 Å². The van der Waals surface area contributed by atoms with Gasteiger partial charge in [0.15, 0.2) is 0 Å². The summed E-state index contributed by atoms with van der Waals surface area (Å²) in [6.07, 6.45) is 8.65. The van der Waals surface area contributed by atoms with Gasteiger partial charge in [0.05, 0.1) is 52.0 Å². The Hall–Kier alpha value is -6.77. The van der Waals surface area contributed by atoms with E-state index in [-0.39, 0.29) is 0 Å². The van der Waals surface area contributed by atoms with Crippen LogP contribution >= 0.6 is 30.7 Å². The second kappa shape index (κ2) is 15.5. The van der Waals surface area contributed by atoms with Crippen LogP contribution in [0.25, 0.3) is 32.0 Å². The summed E-state index contributed by atoms with van der Waals surface area (Å²) in [5.41, 5.74) is 13.4. The first-order valence-electron chi connectivity index (χ1n) is 20.9. The van der Waals surface area contributed by atoms with Crippen LogP contribution in [0.15, 0.2) is 221 Å². The first kappa shape index (κ1) is 37.9. The predicted octanol–water partition coefficient (Wildman–Crippen LogP) is 12.0. The number of nitrogens with zero attached hydrogens (tertiary/aromatic N) is 4. The maximum Gasteiger partial charge on any atom is 0.497 e. The zero-order valence-corrected chi connectivity index (χ0v) is 36.7. The van der Waals surface area contributed by atoms with E-state index in [1.165, 1.54) is 9.75 Å². The number of benzene rings is 4. The van der Waals surface area contributed by atoms with Gasteiger partial charge in [0.1, 0.15) is 6.61 Å². The van der Waals surface area contributed by atoms with E-state index in [0.29, 0.717) is 6.61 Å². The van der Waals surface area contributed by atoms with Crippen LogP contribution in [0.4, 0.5) is 0 Å². The smallest absolute Gasteiger partial charge is 0.248 e. The molecule has 1 unspecified atom stereocenters.